The SMILES string of the molecule is CC(C)(C)OC(=O)N1C(=O)C(=CN2CCCC2)C[C@H]1Cc1ccc(-c2ccccc2)cc1. The maximum absolute atomic E-state index is 13.2. The second-order valence-electron chi connectivity index (χ2n) is 9.68. The van der Waals surface area contributed by atoms with Crippen LogP contribution in [-0.2, 0) is 16.0 Å². The summed E-state index contributed by atoms with van der Waals surface area (Å²) in [5.41, 5.74) is 3.46. The summed E-state index contributed by atoms with van der Waals surface area (Å²) in [6, 6.07) is 18.4. The van der Waals surface area contributed by atoms with Crippen LogP contribution in [0.25, 0.3) is 11.1 Å². The lowest BCUT2D eigenvalue weighted by Crippen LogP contribution is -2.43. The Morgan fingerprint density at radius 1 is 1.00 bits per heavy atom. The number of benzene rings is 2. The molecule has 5 nitrogen and oxygen atoms in total. The van der Waals surface area contributed by atoms with E-state index in [1.165, 1.54) is 10.5 Å². The summed E-state index contributed by atoms with van der Waals surface area (Å²) in [5, 5.41) is 0. The Bertz CT molecular complexity index is 984. The lowest BCUT2D eigenvalue weighted by molar-refractivity contribution is -0.125. The number of rotatable bonds is 4. The van der Waals surface area contributed by atoms with E-state index in [9.17, 15) is 9.59 Å². The number of imide groups is 1. The van der Waals surface area contributed by atoms with E-state index >= 15 is 0 Å². The van der Waals surface area contributed by atoms with Crippen molar-refractivity contribution < 1.29 is 14.3 Å². The van der Waals surface area contributed by atoms with Crippen molar-refractivity contribution in [3.05, 3.63) is 71.9 Å². The smallest absolute Gasteiger partial charge is 0.417 e. The fourth-order valence-electron chi connectivity index (χ4n) is 4.39. The van der Waals surface area contributed by atoms with E-state index < -0.39 is 11.7 Å². The van der Waals surface area contributed by atoms with E-state index in [2.05, 4.69) is 41.3 Å². The van der Waals surface area contributed by atoms with Crippen molar-refractivity contribution in [2.45, 2.75) is 58.1 Å². The van der Waals surface area contributed by atoms with Gasteiger partial charge >= 0.3 is 6.09 Å². The van der Waals surface area contributed by atoms with Crippen LogP contribution < -0.4 is 0 Å². The zero-order valence-corrected chi connectivity index (χ0v) is 19.2. The van der Waals surface area contributed by atoms with Crippen molar-refractivity contribution in [3.63, 3.8) is 0 Å². The van der Waals surface area contributed by atoms with Gasteiger partial charge in [0, 0.05) is 31.3 Å². The van der Waals surface area contributed by atoms with Gasteiger partial charge in [0.1, 0.15) is 5.60 Å². The molecule has 2 heterocycles. The Balaban J connectivity index is 1.55. The summed E-state index contributed by atoms with van der Waals surface area (Å²) in [5.74, 6) is -0.225. The zero-order valence-electron chi connectivity index (χ0n) is 19.2. The summed E-state index contributed by atoms with van der Waals surface area (Å²) in [6.45, 7) is 7.40. The molecule has 0 aliphatic carbocycles. The van der Waals surface area contributed by atoms with Crippen molar-refractivity contribution in [3.8, 4) is 11.1 Å². The number of ether oxygens (including phenoxy) is 1. The van der Waals surface area contributed by atoms with Crippen LogP contribution in [0.2, 0.25) is 0 Å². The number of carbonyl (C=O) groups excluding carboxylic acids is 2. The molecular formula is C27H32N2O3. The predicted molar refractivity (Wildman–Crippen MR) is 126 cm³/mol. The summed E-state index contributed by atoms with van der Waals surface area (Å²) in [7, 11) is 0. The van der Waals surface area contributed by atoms with Gasteiger partial charge in [0.25, 0.3) is 5.91 Å². The molecule has 0 unspecified atom stereocenters. The van der Waals surface area contributed by atoms with Crippen molar-refractivity contribution in [2.24, 2.45) is 0 Å². The number of carbonyl (C=O) groups is 2. The van der Waals surface area contributed by atoms with E-state index in [4.69, 9.17) is 4.74 Å². The molecule has 0 radical (unpaired) electrons. The largest absolute Gasteiger partial charge is 0.443 e. The number of likely N-dealkylation sites (tertiary alicyclic amines) is 2. The number of hydrogen-bond donors (Lipinski definition) is 0. The van der Waals surface area contributed by atoms with E-state index in [-0.39, 0.29) is 11.9 Å². The van der Waals surface area contributed by atoms with Gasteiger partial charge in [-0.1, -0.05) is 54.6 Å². The Hall–Kier alpha value is -3.08. The topological polar surface area (TPSA) is 49.9 Å². The van der Waals surface area contributed by atoms with E-state index in [1.54, 1.807) is 0 Å². The molecule has 5 heteroatoms. The molecule has 0 bridgehead atoms. The first-order valence-corrected chi connectivity index (χ1v) is 11.5. The first-order chi connectivity index (χ1) is 15.3. The van der Waals surface area contributed by atoms with Crippen LogP contribution in [0, 0.1) is 0 Å². The highest BCUT2D eigenvalue weighted by molar-refractivity contribution is 6.05. The Morgan fingerprint density at radius 3 is 2.25 bits per heavy atom. The second-order valence-corrected chi connectivity index (χ2v) is 9.68. The van der Waals surface area contributed by atoms with Gasteiger partial charge in [-0.15, -0.1) is 0 Å². The number of amides is 2. The molecule has 0 aromatic heterocycles. The van der Waals surface area contributed by atoms with E-state index in [0.29, 0.717) is 18.4 Å². The highest BCUT2D eigenvalue weighted by atomic mass is 16.6. The van der Waals surface area contributed by atoms with Crippen LogP contribution in [0.15, 0.2) is 66.4 Å². The van der Waals surface area contributed by atoms with Crippen LogP contribution >= 0.6 is 0 Å². The normalized spacial score (nSPS) is 20.3. The molecule has 2 aromatic carbocycles. The van der Waals surface area contributed by atoms with Crippen molar-refractivity contribution in [1.29, 1.82) is 0 Å². The second kappa shape index (κ2) is 9.19. The van der Waals surface area contributed by atoms with Crippen molar-refractivity contribution >= 4 is 12.0 Å². The molecule has 0 spiro atoms. The number of hydrogen-bond acceptors (Lipinski definition) is 4. The van der Waals surface area contributed by atoms with E-state index in [0.717, 1.165) is 37.1 Å². The predicted octanol–water partition coefficient (Wildman–Crippen LogP) is 5.41. The third kappa shape index (κ3) is 5.21. The Labute approximate surface area is 190 Å². The van der Waals surface area contributed by atoms with Gasteiger partial charge in [0.15, 0.2) is 0 Å². The number of nitrogens with zero attached hydrogens (tertiary/aromatic N) is 2. The molecule has 4 rings (SSSR count). The molecule has 2 aliphatic rings. The molecule has 0 N–H and O–H groups in total. The van der Waals surface area contributed by atoms with Crippen molar-refractivity contribution in [2.75, 3.05) is 13.1 Å². The lowest BCUT2D eigenvalue weighted by Gasteiger charge is -2.27. The van der Waals surface area contributed by atoms with Gasteiger partial charge in [-0.2, -0.15) is 0 Å². The molecule has 2 saturated heterocycles. The van der Waals surface area contributed by atoms with Crippen LogP contribution in [0.4, 0.5) is 4.79 Å². The third-order valence-corrected chi connectivity index (χ3v) is 5.92. The molecule has 0 saturated carbocycles. The first kappa shape index (κ1) is 22.1. The Kier molecular flexibility index (Phi) is 6.35. The van der Waals surface area contributed by atoms with Gasteiger partial charge in [0.2, 0.25) is 0 Å². The molecule has 168 valence electrons. The summed E-state index contributed by atoms with van der Waals surface area (Å²) >= 11 is 0. The average molecular weight is 433 g/mol. The molecular weight excluding hydrogens is 400 g/mol. The molecule has 2 aliphatic heterocycles. The first-order valence-electron chi connectivity index (χ1n) is 11.5. The monoisotopic (exact) mass is 432 g/mol. The fraction of sp³-hybridized carbons (Fsp3) is 0.407. The lowest BCUT2D eigenvalue weighted by atomic mass is 9.99. The minimum Gasteiger partial charge on any atom is -0.443 e. The minimum atomic E-state index is -0.652. The summed E-state index contributed by atoms with van der Waals surface area (Å²) in [4.78, 5) is 29.6. The van der Waals surface area contributed by atoms with Crippen LogP contribution in [-0.4, -0.2) is 46.5 Å². The third-order valence-electron chi connectivity index (χ3n) is 5.92. The van der Waals surface area contributed by atoms with E-state index in [1.807, 2.05) is 45.2 Å². The Morgan fingerprint density at radius 2 is 1.62 bits per heavy atom. The maximum atomic E-state index is 13.2. The summed E-state index contributed by atoms with van der Waals surface area (Å²) < 4.78 is 5.58. The minimum absolute atomic E-state index is 0.225. The van der Waals surface area contributed by atoms with Gasteiger partial charge in [-0.05, 0) is 56.7 Å². The summed E-state index contributed by atoms with van der Waals surface area (Å²) in [6.07, 6.45) is 4.85. The van der Waals surface area contributed by atoms with Gasteiger partial charge in [-0.3, -0.25) is 4.79 Å². The van der Waals surface area contributed by atoms with Crippen LogP contribution in [0.1, 0.15) is 45.6 Å². The van der Waals surface area contributed by atoms with Crippen LogP contribution in [0.3, 0.4) is 0 Å². The molecule has 2 aromatic rings. The molecule has 2 amide bonds. The van der Waals surface area contributed by atoms with Crippen LogP contribution in [0.5, 0.6) is 0 Å². The van der Waals surface area contributed by atoms with Crippen molar-refractivity contribution in [1.82, 2.24) is 9.80 Å². The molecule has 32 heavy (non-hydrogen) atoms. The highest BCUT2D eigenvalue weighted by Crippen LogP contribution is 2.30. The fourth-order valence-corrected chi connectivity index (χ4v) is 4.39. The standard InChI is InChI=1S/C27H32N2O3/c1-27(2,3)32-26(31)29-24(18-23(25(29)30)19-28-15-7-8-16-28)17-20-11-13-22(14-12-20)21-9-5-4-6-10-21/h4-6,9-14,19,24H,7-8,15-18H2,1-3H3/t24-/m1/s1. The average Bonchev–Trinajstić information content (AvgIpc) is 3.36. The van der Waals surface area contributed by atoms with Gasteiger partial charge < -0.3 is 9.64 Å². The highest BCUT2D eigenvalue weighted by Gasteiger charge is 2.42. The molecule has 2 fully saturated rings. The zero-order chi connectivity index (χ0) is 22.7. The maximum Gasteiger partial charge on any atom is 0.417 e. The molecule has 1 atom stereocenters. The van der Waals surface area contributed by atoms with Gasteiger partial charge in [-0.25, -0.2) is 9.69 Å². The van der Waals surface area contributed by atoms with Gasteiger partial charge in [0.05, 0.1) is 6.04 Å². The quantitative estimate of drug-likeness (QED) is 0.606.